The van der Waals surface area contributed by atoms with Crippen LogP contribution in [-0.4, -0.2) is 11.1 Å². The average Bonchev–Trinajstić information content (AvgIpc) is 2.74. The Balaban J connectivity index is 1.98. The lowest BCUT2D eigenvalue weighted by atomic mass is 10.2. The first-order valence-electron chi connectivity index (χ1n) is 5.84. The molecular formula is C14H14INO2S. The molecule has 0 atom stereocenters. The largest absolute Gasteiger partial charge is 0.481 e. The molecule has 0 saturated carbocycles. The number of anilines is 1. The van der Waals surface area contributed by atoms with Gasteiger partial charge < -0.3 is 10.4 Å². The van der Waals surface area contributed by atoms with Crippen molar-refractivity contribution in [2.75, 3.05) is 5.32 Å². The molecule has 2 rings (SSSR count). The van der Waals surface area contributed by atoms with Gasteiger partial charge in [0.1, 0.15) is 0 Å². The van der Waals surface area contributed by atoms with Gasteiger partial charge in [-0.15, -0.1) is 11.3 Å². The van der Waals surface area contributed by atoms with Gasteiger partial charge in [0.25, 0.3) is 0 Å². The second kappa shape index (κ2) is 6.38. The normalized spacial score (nSPS) is 10.4. The highest BCUT2D eigenvalue weighted by molar-refractivity contribution is 14.1. The zero-order valence-electron chi connectivity index (χ0n) is 10.4. The van der Waals surface area contributed by atoms with Crippen LogP contribution in [-0.2, 0) is 17.8 Å². The number of aliphatic carboxylic acids is 1. The Kier molecular flexibility index (Phi) is 4.81. The minimum atomic E-state index is -0.783. The van der Waals surface area contributed by atoms with Gasteiger partial charge in [0.05, 0.1) is 6.42 Å². The number of hydrogen-bond acceptors (Lipinski definition) is 3. The van der Waals surface area contributed by atoms with E-state index in [1.807, 2.05) is 12.1 Å². The molecule has 0 aliphatic carbocycles. The van der Waals surface area contributed by atoms with E-state index in [1.165, 1.54) is 9.13 Å². The van der Waals surface area contributed by atoms with Crippen LogP contribution in [0.25, 0.3) is 0 Å². The van der Waals surface area contributed by atoms with Crippen LogP contribution in [0, 0.1) is 10.5 Å². The summed E-state index contributed by atoms with van der Waals surface area (Å²) in [5, 5.41) is 12.1. The lowest BCUT2D eigenvalue weighted by Crippen LogP contribution is -1.99. The predicted octanol–water partition coefficient (Wildman–Crippen LogP) is 3.90. The maximum Gasteiger partial charge on any atom is 0.308 e. The van der Waals surface area contributed by atoms with Crippen molar-refractivity contribution in [1.82, 2.24) is 0 Å². The molecule has 1 heterocycles. The molecule has 0 aliphatic rings. The summed E-state index contributed by atoms with van der Waals surface area (Å²) in [6.07, 6.45) is 0.104. The Morgan fingerprint density at radius 3 is 2.74 bits per heavy atom. The monoisotopic (exact) mass is 387 g/mol. The van der Waals surface area contributed by atoms with Crippen molar-refractivity contribution < 1.29 is 9.90 Å². The van der Waals surface area contributed by atoms with E-state index in [9.17, 15) is 4.79 Å². The van der Waals surface area contributed by atoms with Crippen LogP contribution < -0.4 is 5.32 Å². The van der Waals surface area contributed by atoms with Gasteiger partial charge in [0.2, 0.25) is 0 Å². The molecule has 0 aliphatic heterocycles. The summed E-state index contributed by atoms with van der Waals surface area (Å²) in [5.74, 6) is -0.783. The fraction of sp³-hybridized carbons (Fsp3) is 0.214. The second-order valence-corrected chi connectivity index (χ2v) is 6.75. The van der Waals surface area contributed by atoms with Crippen LogP contribution in [0.15, 0.2) is 30.3 Å². The molecule has 19 heavy (non-hydrogen) atoms. The topological polar surface area (TPSA) is 49.3 Å². The maximum absolute atomic E-state index is 10.6. The Labute approximate surface area is 129 Å². The van der Waals surface area contributed by atoms with Crippen LogP contribution in [0.3, 0.4) is 0 Å². The maximum atomic E-state index is 10.6. The third-order valence-electron chi connectivity index (χ3n) is 2.68. The SMILES string of the molecule is Cc1cc(I)ccc1NCc1ccc(CC(=O)O)s1. The van der Waals surface area contributed by atoms with Gasteiger partial charge in [-0.1, -0.05) is 0 Å². The molecule has 1 aromatic carbocycles. The number of carboxylic acid groups (broad SMARTS) is 1. The first kappa shape index (κ1) is 14.3. The molecule has 0 amide bonds. The molecule has 0 saturated heterocycles. The van der Waals surface area contributed by atoms with Crippen LogP contribution in [0.5, 0.6) is 0 Å². The molecule has 0 fully saturated rings. The zero-order chi connectivity index (χ0) is 13.8. The summed E-state index contributed by atoms with van der Waals surface area (Å²) >= 11 is 3.84. The van der Waals surface area contributed by atoms with Crippen molar-refractivity contribution >= 4 is 45.6 Å². The Bertz CT molecular complexity index is 595. The first-order chi connectivity index (χ1) is 9.04. The highest BCUT2D eigenvalue weighted by Gasteiger charge is 2.05. The molecule has 3 nitrogen and oxygen atoms in total. The molecule has 0 unspecified atom stereocenters. The lowest BCUT2D eigenvalue weighted by Gasteiger charge is -2.08. The third kappa shape index (κ3) is 4.21. The van der Waals surface area contributed by atoms with Crippen LogP contribution in [0.2, 0.25) is 0 Å². The number of rotatable bonds is 5. The smallest absolute Gasteiger partial charge is 0.308 e. The number of aryl methyl sites for hydroxylation is 1. The number of halogens is 1. The number of nitrogens with one attached hydrogen (secondary N) is 1. The van der Waals surface area contributed by atoms with E-state index < -0.39 is 5.97 Å². The van der Waals surface area contributed by atoms with Gasteiger partial charge in [-0.3, -0.25) is 4.79 Å². The number of thiophene rings is 1. The van der Waals surface area contributed by atoms with E-state index >= 15 is 0 Å². The van der Waals surface area contributed by atoms with Crippen molar-refractivity contribution in [1.29, 1.82) is 0 Å². The highest BCUT2D eigenvalue weighted by Crippen LogP contribution is 2.21. The van der Waals surface area contributed by atoms with Crippen molar-refractivity contribution in [3.63, 3.8) is 0 Å². The number of carbonyl (C=O) groups is 1. The van der Waals surface area contributed by atoms with E-state index in [4.69, 9.17) is 5.11 Å². The summed E-state index contributed by atoms with van der Waals surface area (Å²) < 4.78 is 1.22. The van der Waals surface area contributed by atoms with E-state index in [0.717, 1.165) is 22.0 Å². The van der Waals surface area contributed by atoms with Gasteiger partial charge in [-0.25, -0.2) is 0 Å². The fourth-order valence-corrected chi connectivity index (χ4v) is 3.36. The van der Waals surface area contributed by atoms with Crippen LogP contribution in [0.1, 0.15) is 15.3 Å². The first-order valence-corrected chi connectivity index (χ1v) is 7.73. The molecule has 1 aromatic heterocycles. The molecule has 0 bridgehead atoms. The fourth-order valence-electron chi connectivity index (χ4n) is 1.77. The van der Waals surface area contributed by atoms with E-state index in [-0.39, 0.29) is 6.42 Å². The van der Waals surface area contributed by atoms with E-state index in [2.05, 4.69) is 53.0 Å². The van der Waals surface area contributed by atoms with Crippen LogP contribution >= 0.6 is 33.9 Å². The molecule has 2 aromatic rings. The summed E-state index contributed by atoms with van der Waals surface area (Å²) in [5.41, 5.74) is 2.34. The van der Waals surface area contributed by atoms with Gasteiger partial charge in [0, 0.05) is 25.6 Å². The van der Waals surface area contributed by atoms with Gasteiger partial charge in [-0.2, -0.15) is 0 Å². The molecular weight excluding hydrogens is 373 g/mol. The second-order valence-electron chi connectivity index (χ2n) is 4.25. The quantitative estimate of drug-likeness (QED) is 0.766. The predicted molar refractivity (Wildman–Crippen MR) is 86.9 cm³/mol. The molecule has 2 N–H and O–H groups in total. The standard InChI is InChI=1S/C14H14INO2S/c1-9-6-10(15)2-5-13(9)16-8-12-4-3-11(19-12)7-14(17)18/h2-6,16H,7-8H2,1H3,(H,17,18). The van der Waals surface area contributed by atoms with Crippen molar-refractivity contribution in [2.45, 2.75) is 19.9 Å². The number of benzene rings is 1. The van der Waals surface area contributed by atoms with Gasteiger partial charge in [0.15, 0.2) is 0 Å². The number of carboxylic acids is 1. The minimum absolute atomic E-state index is 0.104. The van der Waals surface area contributed by atoms with Crippen molar-refractivity contribution in [3.05, 3.63) is 49.2 Å². The Morgan fingerprint density at radius 2 is 2.05 bits per heavy atom. The van der Waals surface area contributed by atoms with Crippen molar-refractivity contribution in [2.24, 2.45) is 0 Å². The van der Waals surface area contributed by atoms with Crippen molar-refractivity contribution in [3.8, 4) is 0 Å². The molecule has 0 spiro atoms. The molecule has 100 valence electrons. The van der Waals surface area contributed by atoms with Gasteiger partial charge in [-0.05, 0) is 65.4 Å². The number of hydrogen-bond donors (Lipinski definition) is 2. The lowest BCUT2D eigenvalue weighted by molar-refractivity contribution is -0.136. The minimum Gasteiger partial charge on any atom is -0.481 e. The Hall–Kier alpha value is -1.08. The van der Waals surface area contributed by atoms with Gasteiger partial charge >= 0.3 is 5.97 Å². The summed E-state index contributed by atoms with van der Waals surface area (Å²) in [6, 6.07) is 10.1. The Morgan fingerprint density at radius 1 is 1.32 bits per heavy atom. The summed E-state index contributed by atoms with van der Waals surface area (Å²) in [4.78, 5) is 12.7. The zero-order valence-corrected chi connectivity index (χ0v) is 13.4. The molecule has 0 radical (unpaired) electrons. The summed E-state index contributed by atoms with van der Waals surface area (Å²) in [7, 11) is 0. The van der Waals surface area contributed by atoms with E-state index in [0.29, 0.717) is 0 Å². The highest BCUT2D eigenvalue weighted by atomic mass is 127. The van der Waals surface area contributed by atoms with Crippen LogP contribution in [0.4, 0.5) is 5.69 Å². The summed E-state index contributed by atoms with van der Waals surface area (Å²) in [6.45, 7) is 2.81. The van der Waals surface area contributed by atoms with E-state index in [1.54, 1.807) is 11.3 Å². The third-order valence-corrected chi connectivity index (χ3v) is 4.44. The average molecular weight is 387 g/mol. The molecule has 5 heteroatoms.